The Bertz CT molecular complexity index is 611. The van der Waals surface area contributed by atoms with Crippen LogP contribution < -0.4 is 5.32 Å². The maximum absolute atomic E-state index is 4.36. The molecule has 0 saturated heterocycles. The van der Waals surface area contributed by atoms with E-state index in [1.807, 2.05) is 14.0 Å². The van der Waals surface area contributed by atoms with E-state index in [4.69, 9.17) is 0 Å². The quantitative estimate of drug-likeness (QED) is 0.681. The number of nitrogens with zero attached hydrogens (tertiary/aromatic N) is 3. The van der Waals surface area contributed by atoms with Gasteiger partial charge < -0.3 is 5.32 Å². The van der Waals surface area contributed by atoms with Crippen LogP contribution in [0.2, 0.25) is 0 Å². The Morgan fingerprint density at radius 1 is 1.26 bits per heavy atom. The van der Waals surface area contributed by atoms with E-state index in [1.165, 1.54) is 5.56 Å². The molecule has 1 aromatic carbocycles. The smallest absolute Gasteiger partial charge is 0.144 e. The van der Waals surface area contributed by atoms with Crippen LogP contribution in [0.5, 0.6) is 0 Å². The third kappa shape index (κ3) is 2.87. The molecule has 5 heteroatoms. The van der Waals surface area contributed by atoms with Crippen molar-refractivity contribution in [1.82, 2.24) is 9.78 Å². The lowest BCUT2D eigenvalue weighted by Gasteiger charge is -2.10. The molecule has 0 spiro atoms. The van der Waals surface area contributed by atoms with E-state index in [2.05, 4.69) is 62.5 Å². The zero-order valence-electron chi connectivity index (χ0n) is 11.5. The maximum atomic E-state index is 4.36. The van der Waals surface area contributed by atoms with E-state index < -0.39 is 0 Å². The molecular weight excluding hydrogens is 304 g/mol. The minimum atomic E-state index is 0.823. The molecule has 100 valence electrons. The van der Waals surface area contributed by atoms with Crippen LogP contribution in [0.15, 0.2) is 33.7 Å². The Morgan fingerprint density at radius 2 is 1.89 bits per heavy atom. The number of rotatable bonds is 2. The van der Waals surface area contributed by atoms with Crippen LogP contribution in [0.25, 0.3) is 0 Å². The summed E-state index contributed by atoms with van der Waals surface area (Å²) in [5.74, 6) is 1.72. The van der Waals surface area contributed by atoms with Crippen molar-refractivity contribution < 1.29 is 0 Å². The van der Waals surface area contributed by atoms with Crippen molar-refractivity contribution in [3.05, 3.63) is 45.6 Å². The Labute approximate surface area is 121 Å². The van der Waals surface area contributed by atoms with Gasteiger partial charge in [0, 0.05) is 19.7 Å². The Morgan fingerprint density at radius 3 is 2.37 bits per heavy atom. The lowest BCUT2D eigenvalue weighted by atomic mass is 10.1. The van der Waals surface area contributed by atoms with Crippen LogP contribution in [0, 0.1) is 13.8 Å². The molecule has 0 atom stereocenters. The topological polar surface area (TPSA) is 42.2 Å². The van der Waals surface area contributed by atoms with Gasteiger partial charge in [0.25, 0.3) is 0 Å². The molecule has 1 heterocycles. The first-order valence-electron chi connectivity index (χ1n) is 6.03. The van der Waals surface area contributed by atoms with E-state index in [0.29, 0.717) is 0 Å². The number of hydrogen-bond acceptors (Lipinski definition) is 2. The molecule has 4 nitrogen and oxygen atoms in total. The SMILES string of the molecule is CN=C(Nc1c(Br)c(C)nn1C)c1ccc(C)cc1. The molecule has 0 aliphatic rings. The van der Waals surface area contributed by atoms with Crippen LogP contribution in [-0.4, -0.2) is 22.7 Å². The first-order valence-corrected chi connectivity index (χ1v) is 6.82. The van der Waals surface area contributed by atoms with Gasteiger partial charge in [-0.05, 0) is 29.8 Å². The molecule has 0 aliphatic carbocycles. The van der Waals surface area contributed by atoms with Gasteiger partial charge in [0.2, 0.25) is 0 Å². The van der Waals surface area contributed by atoms with Crippen molar-refractivity contribution >= 4 is 27.6 Å². The van der Waals surface area contributed by atoms with Crippen molar-refractivity contribution in [3.8, 4) is 0 Å². The van der Waals surface area contributed by atoms with Gasteiger partial charge in [-0.25, -0.2) is 0 Å². The van der Waals surface area contributed by atoms with Crippen LogP contribution in [0.1, 0.15) is 16.8 Å². The van der Waals surface area contributed by atoms with Crippen molar-refractivity contribution in [2.45, 2.75) is 13.8 Å². The van der Waals surface area contributed by atoms with E-state index in [0.717, 1.165) is 27.4 Å². The number of hydrogen-bond donors (Lipinski definition) is 1. The predicted molar refractivity (Wildman–Crippen MR) is 82.9 cm³/mol. The molecule has 2 aromatic rings. The average Bonchev–Trinajstić information content (AvgIpc) is 2.63. The van der Waals surface area contributed by atoms with Gasteiger partial charge in [0.1, 0.15) is 11.7 Å². The van der Waals surface area contributed by atoms with Crippen LogP contribution in [0.3, 0.4) is 0 Å². The monoisotopic (exact) mass is 320 g/mol. The molecule has 2 rings (SSSR count). The summed E-state index contributed by atoms with van der Waals surface area (Å²) >= 11 is 3.54. The zero-order valence-corrected chi connectivity index (χ0v) is 13.1. The highest BCUT2D eigenvalue weighted by molar-refractivity contribution is 9.10. The molecule has 0 fully saturated rings. The molecule has 0 aliphatic heterocycles. The first-order chi connectivity index (χ1) is 9.02. The summed E-state index contributed by atoms with van der Waals surface area (Å²) in [6.45, 7) is 4.03. The summed E-state index contributed by atoms with van der Waals surface area (Å²) in [7, 11) is 3.68. The van der Waals surface area contributed by atoms with Crippen molar-refractivity contribution in [3.63, 3.8) is 0 Å². The number of nitrogens with one attached hydrogen (secondary N) is 1. The first kappa shape index (κ1) is 13.8. The van der Waals surface area contributed by atoms with Gasteiger partial charge in [0.15, 0.2) is 0 Å². The number of benzene rings is 1. The van der Waals surface area contributed by atoms with Gasteiger partial charge in [-0.2, -0.15) is 5.10 Å². The molecule has 0 radical (unpaired) electrons. The summed E-state index contributed by atoms with van der Waals surface area (Å²) in [5.41, 5.74) is 3.24. The lowest BCUT2D eigenvalue weighted by Crippen LogP contribution is -2.16. The average molecular weight is 321 g/mol. The van der Waals surface area contributed by atoms with Crippen molar-refractivity contribution in [2.75, 3.05) is 12.4 Å². The van der Waals surface area contributed by atoms with Crippen molar-refractivity contribution in [2.24, 2.45) is 12.0 Å². The molecule has 0 saturated carbocycles. The molecule has 0 bridgehead atoms. The molecule has 0 amide bonds. The highest BCUT2D eigenvalue weighted by atomic mass is 79.9. The summed E-state index contributed by atoms with van der Waals surface area (Å²) in [6.07, 6.45) is 0. The fourth-order valence-corrected chi connectivity index (χ4v) is 2.28. The molecule has 1 N–H and O–H groups in total. The maximum Gasteiger partial charge on any atom is 0.144 e. The second-order valence-corrected chi connectivity index (χ2v) is 5.23. The standard InChI is InChI=1S/C14H17BrN4/c1-9-5-7-11(8-6-9)13(16-3)17-14-12(15)10(2)18-19(14)4/h5-8H,1-4H3,(H,16,17). The van der Waals surface area contributed by atoms with Gasteiger partial charge in [0.05, 0.1) is 10.2 Å². The third-order valence-electron chi connectivity index (χ3n) is 2.93. The Kier molecular flexibility index (Phi) is 4.04. The Hall–Kier alpha value is -1.62. The fraction of sp³-hybridized carbons (Fsp3) is 0.286. The summed E-state index contributed by atoms with van der Waals surface area (Å²) in [5, 5.41) is 7.68. The lowest BCUT2D eigenvalue weighted by molar-refractivity contribution is 0.766. The molecule has 19 heavy (non-hydrogen) atoms. The minimum absolute atomic E-state index is 0.823. The molecular formula is C14H17BrN4. The van der Waals surface area contributed by atoms with Gasteiger partial charge in [-0.3, -0.25) is 9.67 Å². The number of anilines is 1. The van der Waals surface area contributed by atoms with Gasteiger partial charge >= 0.3 is 0 Å². The molecule has 0 unspecified atom stereocenters. The highest BCUT2D eigenvalue weighted by Gasteiger charge is 2.13. The van der Waals surface area contributed by atoms with Gasteiger partial charge in [-0.1, -0.05) is 29.8 Å². The largest absolute Gasteiger partial charge is 0.324 e. The van der Waals surface area contributed by atoms with Crippen LogP contribution in [0.4, 0.5) is 5.82 Å². The second-order valence-electron chi connectivity index (χ2n) is 4.43. The van der Waals surface area contributed by atoms with Crippen LogP contribution >= 0.6 is 15.9 Å². The third-order valence-corrected chi connectivity index (χ3v) is 3.88. The number of halogens is 1. The number of aryl methyl sites for hydroxylation is 3. The van der Waals surface area contributed by atoms with Gasteiger partial charge in [-0.15, -0.1) is 0 Å². The highest BCUT2D eigenvalue weighted by Crippen LogP contribution is 2.25. The number of aromatic nitrogens is 2. The Balaban J connectivity index is 2.32. The minimum Gasteiger partial charge on any atom is -0.324 e. The van der Waals surface area contributed by atoms with Crippen molar-refractivity contribution in [1.29, 1.82) is 0 Å². The fourth-order valence-electron chi connectivity index (χ4n) is 1.85. The predicted octanol–water partition coefficient (Wildman–Crippen LogP) is 3.29. The number of aliphatic imine (C=N–C) groups is 1. The van der Waals surface area contributed by atoms with E-state index >= 15 is 0 Å². The summed E-state index contributed by atoms with van der Waals surface area (Å²) in [4.78, 5) is 4.32. The van der Waals surface area contributed by atoms with E-state index in [-0.39, 0.29) is 0 Å². The summed E-state index contributed by atoms with van der Waals surface area (Å²) in [6, 6.07) is 8.26. The molecule has 1 aromatic heterocycles. The van der Waals surface area contributed by atoms with E-state index in [9.17, 15) is 0 Å². The number of amidine groups is 1. The zero-order chi connectivity index (χ0) is 14.0. The summed E-state index contributed by atoms with van der Waals surface area (Å²) < 4.78 is 2.77. The van der Waals surface area contributed by atoms with E-state index in [1.54, 1.807) is 11.7 Å². The second kappa shape index (κ2) is 5.57. The van der Waals surface area contributed by atoms with Crippen LogP contribution in [-0.2, 0) is 7.05 Å². The normalized spacial score (nSPS) is 11.7.